The molecule has 0 fully saturated rings. The van der Waals surface area contributed by atoms with E-state index in [1.54, 1.807) is 59.1 Å². The predicted molar refractivity (Wildman–Crippen MR) is 143 cm³/mol. The smallest absolute Gasteiger partial charge is 0.306 e. The number of aliphatic hydroxyl groups is 1. The van der Waals surface area contributed by atoms with Crippen molar-refractivity contribution >= 4 is 17.8 Å². The first-order valence-electron chi connectivity index (χ1n) is 12.8. The summed E-state index contributed by atoms with van der Waals surface area (Å²) in [5.41, 5.74) is -0.463. The Balaban J connectivity index is 1.84. The van der Waals surface area contributed by atoms with E-state index in [0.29, 0.717) is 36.0 Å². The Bertz CT molecular complexity index is 1120. The molecule has 2 aromatic rings. The quantitative estimate of drug-likeness (QED) is 0.319. The topological polar surface area (TPSA) is 116 Å². The molecule has 1 aliphatic heterocycles. The average molecular weight is 527 g/mol. The Labute approximate surface area is 224 Å². The maximum Gasteiger partial charge on any atom is 0.306 e. The highest BCUT2D eigenvalue weighted by molar-refractivity contribution is 6.01. The van der Waals surface area contributed by atoms with Crippen molar-refractivity contribution in [1.82, 2.24) is 5.32 Å². The van der Waals surface area contributed by atoms with Gasteiger partial charge in [-0.15, -0.1) is 0 Å². The fraction of sp³-hybridized carbons (Fsp3) is 0.483. The molecule has 0 aromatic heterocycles. The molecule has 9 heteroatoms. The number of carbonyl (C=O) groups is 2. The largest absolute Gasteiger partial charge is 0.496 e. The van der Waals surface area contributed by atoms with Crippen molar-refractivity contribution in [3.8, 4) is 11.5 Å². The molecule has 0 saturated carbocycles. The molecule has 1 amide bonds. The highest BCUT2D eigenvalue weighted by Gasteiger charge is 2.50. The van der Waals surface area contributed by atoms with Gasteiger partial charge in [0.1, 0.15) is 23.2 Å². The molecule has 2 N–H and O–H groups in total. The minimum Gasteiger partial charge on any atom is -0.496 e. The molecule has 2 aromatic carbocycles. The normalized spacial score (nSPS) is 18.8. The van der Waals surface area contributed by atoms with Crippen molar-refractivity contribution in [2.45, 2.75) is 70.7 Å². The number of hydrogen-bond acceptors (Lipinski definition) is 8. The molecule has 3 rings (SSSR count). The molecule has 38 heavy (non-hydrogen) atoms. The van der Waals surface area contributed by atoms with Crippen molar-refractivity contribution in [1.29, 1.82) is 0 Å². The molecule has 0 spiro atoms. The van der Waals surface area contributed by atoms with Crippen LogP contribution >= 0.6 is 0 Å². The first-order valence-corrected chi connectivity index (χ1v) is 12.8. The molecule has 0 unspecified atom stereocenters. The van der Waals surface area contributed by atoms with E-state index in [-0.39, 0.29) is 31.9 Å². The van der Waals surface area contributed by atoms with Crippen LogP contribution < -0.4 is 14.8 Å². The van der Waals surface area contributed by atoms with Gasteiger partial charge in [-0.25, -0.2) is 4.99 Å². The van der Waals surface area contributed by atoms with Crippen molar-refractivity contribution in [3.63, 3.8) is 0 Å². The van der Waals surface area contributed by atoms with Gasteiger partial charge in [0.15, 0.2) is 5.54 Å². The van der Waals surface area contributed by atoms with E-state index < -0.39 is 23.2 Å². The Morgan fingerprint density at radius 3 is 2.50 bits per heavy atom. The molecule has 0 radical (unpaired) electrons. The summed E-state index contributed by atoms with van der Waals surface area (Å²) < 4.78 is 22.6. The van der Waals surface area contributed by atoms with E-state index in [1.165, 1.54) is 0 Å². The monoisotopic (exact) mass is 526 g/mol. The van der Waals surface area contributed by atoms with Crippen molar-refractivity contribution in [2.24, 2.45) is 4.99 Å². The van der Waals surface area contributed by atoms with Crippen LogP contribution in [0.15, 0.2) is 53.5 Å². The lowest BCUT2D eigenvalue weighted by molar-refractivity contribution is -0.155. The van der Waals surface area contributed by atoms with Gasteiger partial charge in [0.25, 0.3) is 5.91 Å². The van der Waals surface area contributed by atoms with Gasteiger partial charge in [0, 0.05) is 37.1 Å². The number of esters is 1. The fourth-order valence-electron chi connectivity index (χ4n) is 4.12. The Morgan fingerprint density at radius 2 is 1.84 bits per heavy atom. The van der Waals surface area contributed by atoms with E-state index in [2.05, 4.69) is 5.32 Å². The number of para-hydroxylation sites is 1. The lowest BCUT2D eigenvalue weighted by atomic mass is 9.87. The third-order valence-electron chi connectivity index (χ3n) is 6.09. The second-order valence-electron chi connectivity index (χ2n) is 10.1. The summed E-state index contributed by atoms with van der Waals surface area (Å²) in [5.74, 6) is 0.875. The van der Waals surface area contributed by atoms with Gasteiger partial charge >= 0.3 is 5.97 Å². The summed E-state index contributed by atoms with van der Waals surface area (Å²) in [6.45, 7) is 7.88. The number of ether oxygens (including phenoxy) is 4. The summed E-state index contributed by atoms with van der Waals surface area (Å²) in [5, 5.41) is 11.9. The summed E-state index contributed by atoms with van der Waals surface area (Å²) in [6.07, 6.45) is 0.0333. The zero-order chi connectivity index (χ0) is 27.8. The number of carbonyl (C=O) groups excluding carboxylic acids is 2. The van der Waals surface area contributed by atoms with Gasteiger partial charge in [0.2, 0.25) is 5.90 Å². The molecule has 0 bridgehead atoms. The number of nitrogens with one attached hydrogen (secondary N) is 1. The number of rotatable bonds is 12. The minimum absolute atomic E-state index is 0.00145. The zero-order valence-corrected chi connectivity index (χ0v) is 22.8. The molecule has 0 aliphatic carbocycles. The predicted octanol–water partition coefficient (Wildman–Crippen LogP) is 3.80. The minimum atomic E-state index is -1.33. The van der Waals surface area contributed by atoms with Crippen LogP contribution in [0, 0.1) is 0 Å². The second kappa shape index (κ2) is 12.8. The summed E-state index contributed by atoms with van der Waals surface area (Å²) in [6, 6.07) is 14.6. The first kappa shape index (κ1) is 29.0. The van der Waals surface area contributed by atoms with Crippen LogP contribution in [-0.2, 0) is 25.6 Å². The van der Waals surface area contributed by atoms with E-state index >= 15 is 0 Å². The zero-order valence-electron chi connectivity index (χ0n) is 22.8. The average Bonchev–Trinajstić information content (AvgIpc) is 3.23. The number of nitrogens with zero attached hydrogens (tertiary/aromatic N) is 1. The van der Waals surface area contributed by atoms with Gasteiger partial charge in [0.05, 0.1) is 13.7 Å². The maximum atomic E-state index is 13.7. The van der Waals surface area contributed by atoms with Crippen LogP contribution in [0.2, 0.25) is 0 Å². The van der Waals surface area contributed by atoms with Crippen molar-refractivity contribution < 1.29 is 33.6 Å². The number of aliphatic hydroxyl groups excluding tert-OH is 1. The Hall–Kier alpha value is -3.59. The lowest BCUT2D eigenvalue weighted by Crippen LogP contribution is -2.51. The van der Waals surface area contributed by atoms with Gasteiger partial charge in [-0.05, 0) is 64.4 Å². The molecule has 0 saturated heterocycles. The molecule has 1 heterocycles. The summed E-state index contributed by atoms with van der Waals surface area (Å²) in [7, 11) is 1.58. The number of hydrogen-bond donors (Lipinski definition) is 2. The number of amides is 1. The summed E-state index contributed by atoms with van der Waals surface area (Å²) in [4.78, 5) is 31.0. The Morgan fingerprint density at radius 1 is 1.13 bits per heavy atom. The van der Waals surface area contributed by atoms with Gasteiger partial charge < -0.3 is 29.4 Å². The lowest BCUT2D eigenvalue weighted by Gasteiger charge is -2.28. The van der Waals surface area contributed by atoms with Crippen LogP contribution in [-0.4, -0.2) is 60.4 Å². The molecule has 1 aliphatic rings. The Kier molecular flexibility index (Phi) is 9.74. The summed E-state index contributed by atoms with van der Waals surface area (Å²) >= 11 is 0. The third-order valence-corrected chi connectivity index (χ3v) is 6.09. The first-order chi connectivity index (χ1) is 18.1. The van der Waals surface area contributed by atoms with Gasteiger partial charge in [-0.2, -0.15) is 0 Å². The number of benzene rings is 2. The maximum absolute atomic E-state index is 13.7. The standard InChI is InChI=1S/C29H38N2O7/c1-20-29(16-15-25(33)38-28(2,3)4,27(34)30-19-22-9-6-7-10-24(22)35-5)31-26(37-20)21-11-13-23(14-12-21)36-18-8-17-32/h6-7,9-14,20,32H,8,15-19H2,1-5H3,(H,30,34)/t20-,29-/m1/s1. The van der Waals surface area contributed by atoms with E-state index in [0.717, 1.165) is 5.56 Å². The van der Waals surface area contributed by atoms with E-state index in [4.69, 9.17) is 29.0 Å². The highest BCUT2D eigenvalue weighted by atomic mass is 16.6. The van der Waals surface area contributed by atoms with Crippen LogP contribution in [0.1, 0.15) is 58.1 Å². The van der Waals surface area contributed by atoms with Crippen LogP contribution in [0.25, 0.3) is 0 Å². The van der Waals surface area contributed by atoms with Crippen LogP contribution in [0.5, 0.6) is 11.5 Å². The van der Waals surface area contributed by atoms with Gasteiger partial charge in [-0.1, -0.05) is 18.2 Å². The molecular formula is C29H38N2O7. The number of aliphatic imine (C=N–C) groups is 1. The fourth-order valence-corrected chi connectivity index (χ4v) is 4.12. The highest BCUT2D eigenvalue weighted by Crippen LogP contribution is 2.34. The number of methoxy groups -OCH3 is 1. The second-order valence-corrected chi connectivity index (χ2v) is 10.1. The molecule has 206 valence electrons. The SMILES string of the molecule is COc1ccccc1CNC(=O)[C@]1(CCC(=O)OC(C)(C)C)N=C(c2ccc(OCCCO)cc2)O[C@@H]1C. The molecule has 9 nitrogen and oxygen atoms in total. The third kappa shape index (κ3) is 7.47. The van der Waals surface area contributed by atoms with E-state index in [9.17, 15) is 9.59 Å². The molecule has 2 atom stereocenters. The van der Waals surface area contributed by atoms with Crippen molar-refractivity contribution in [3.05, 3.63) is 59.7 Å². The molecular weight excluding hydrogens is 488 g/mol. The van der Waals surface area contributed by atoms with Crippen LogP contribution in [0.4, 0.5) is 0 Å². The van der Waals surface area contributed by atoms with E-state index in [1.807, 2.05) is 24.3 Å². The van der Waals surface area contributed by atoms with Crippen molar-refractivity contribution in [2.75, 3.05) is 20.3 Å². The van der Waals surface area contributed by atoms with Gasteiger partial charge in [-0.3, -0.25) is 9.59 Å². The van der Waals surface area contributed by atoms with Crippen LogP contribution in [0.3, 0.4) is 0 Å².